The number of aromatic nitrogens is 2. The van der Waals surface area contributed by atoms with E-state index in [-0.39, 0.29) is 16.1 Å². The average molecular weight is 483 g/mol. The lowest BCUT2D eigenvalue weighted by molar-refractivity contribution is 0.102. The fourth-order valence-corrected chi connectivity index (χ4v) is 5.81. The highest BCUT2D eigenvalue weighted by atomic mass is 32.2. The summed E-state index contributed by atoms with van der Waals surface area (Å²) in [6, 6.07) is 13.2. The number of hydrogen-bond acceptors (Lipinski definition) is 5. The highest BCUT2D eigenvalue weighted by Gasteiger charge is 2.27. The predicted octanol–water partition coefficient (Wildman–Crippen LogP) is 4.01. The van der Waals surface area contributed by atoms with Gasteiger partial charge < -0.3 is 5.32 Å². The third-order valence-electron chi connectivity index (χ3n) is 6.10. The number of carbonyl (C=O) groups is 1. The highest BCUT2D eigenvalue weighted by molar-refractivity contribution is 7.89. The number of nitrogens with one attached hydrogen (secondary N) is 1. The number of amides is 1. The van der Waals surface area contributed by atoms with Gasteiger partial charge in [-0.15, -0.1) is 0 Å². The minimum Gasteiger partial charge on any atom is -0.321 e. The maximum absolute atomic E-state index is 13.2. The van der Waals surface area contributed by atoms with Crippen molar-refractivity contribution in [3.05, 3.63) is 64.6 Å². The molecule has 1 fully saturated rings. The van der Waals surface area contributed by atoms with Crippen molar-refractivity contribution in [3.8, 4) is 0 Å². The van der Waals surface area contributed by atoms with Crippen molar-refractivity contribution in [1.29, 1.82) is 0 Å². The number of fused-ring (bicyclic) bond motifs is 1. The molecule has 1 saturated heterocycles. The molecule has 1 aliphatic heterocycles. The molecule has 0 radical (unpaired) electrons. The fraction of sp³-hybridized carbons (Fsp3) is 0.400. The number of unbranched alkanes of at least 4 members (excludes halogenated alkanes) is 3. The zero-order valence-corrected chi connectivity index (χ0v) is 20.2. The maximum Gasteiger partial charge on any atom is 0.276 e. The van der Waals surface area contributed by atoms with Crippen LogP contribution < -0.4 is 10.9 Å². The zero-order chi connectivity index (χ0) is 24.1. The van der Waals surface area contributed by atoms with Gasteiger partial charge in [0.25, 0.3) is 11.5 Å². The van der Waals surface area contributed by atoms with Gasteiger partial charge in [-0.2, -0.15) is 9.40 Å². The van der Waals surface area contributed by atoms with Gasteiger partial charge in [0, 0.05) is 30.7 Å². The number of hydrogen-bond donors (Lipinski definition) is 1. The molecular formula is C25H30N4O4S. The topological polar surface area (TPSA) is 101 Å². The predicted molar refractivity (Wildman–Crippen MR) is 133 cm³/mol. The average Bonchev–Trinajstić information content (AvgIpc) is 3.39. The molecule has 0 aliphatic carbocycles. The molecule has 180 valence electrons. The van der Waals surface area contributed by atoms with Gasteiger partial charge >= 0.3 is 0 Å². The van der Waals surface area contributed by atoms with Crippen LogP contribution in [0.3, 0.4) is 0 Å². The summed E-state index contributed by atoms with van der Waals surface area (Å²) < 4.78 is 28.7. The number of carbonyl (C=O) groups excluding carboxylic acids is 1. The van der Waals surface area contributed by atoms with Crippen LogP contribution in [-0.4, -0.2) is 41.5 Å². The van der Waals surface area contributed by atoms with E-state index in [2.05, 4.69) is 17.3 Å². The number of benzene rings is 2. The van der Waals surface area contributed by atoms with Crippen molar-refractivity contribution in [1.82, 2.24) is 14.1 Å². The molecule has 1 aromatic heterocycles. The number of aryl methyl sites for hydroxylation is 1. The summed E-state index contributed by atoms with van der Waals surface area (Å²) in [6.45, 7) is 3.57. The van der Waals surface area contributed by atoms with E-state index < -0.39 is 15.9 Å². The van der Waals surface area contributed by atoms with Crippen LogP contribution in [0.15, 0.2) is 58.2 Å². The van der Waals surface area contributed by atoms with E-state index in [9.17, 15) is 18.0 Å². The second-order valence-electron chi connectivity index (χ2n) is 8.58. The second-order valence-corrected chi connectivity index (χ2v) is 10.5. The van der Waals surface area contributed by atoms with Crippen LogP contribution in [-0.2, 0) is 16.6 Å². The third-order valence-corrected chi connectivity index (χ3v) is 8.00. The van der Waals surface area contributed by atoms with Crippen LogP contribution in [0.1, 0.15) is 55.9 Å². The first-order valence-corrected chi connectivity index (χ1v) is 13.3. The smallest absolute Gasteiger partial charge is 0.276 e. The van der Waals surface area contributed by atoms with E-state index in [1.165, 1.54) is 21.1 Å². The Morgan fingerprint density at radius 3 is 2.47 bits per heavy atom. The van der Waals surface area contributed by atoms with Gasteiger partial charge in [-0.25, -0.2) is 13.1 Å². The quantitative estimate of drug-likeness (QED) is 0.464. The normalized spacial score (nSPS) is 14.5. The molecule has 8 nitrogen and oxygen atoms in total. The molecule has 0 unspecified atom stereocenters. The maximum atomic E-state index is 13.2. The van der Waals surface area contributed by atoms with Crippen LogP contribution in [0, 0.1) is 0 Å². The molecule has 0 atom stereocenters. The summed E-state index contributed by atoms with van der Waals surface area (Å²) >= 11 is 0. The van der Waals surface area contributed by atoms with Crippen LogP contribution >= 0.6 is 0 Å². The summed E-state index contributed by atoms with van der Waals surface area (Å²) in [6.07, 6.45) is 5.64. The first-order valence-electron chi connectivity index (χ1n) is 11.8. The van der Waals surface area contributed by atoms with Crippen molar-refractivity contribution in [2.75, 3.05) is 18.4 Å². The monoisotopic (exact) mass is 482 g/mol. The van der Waals surface area contributed by atoms with Crippen LogP contribution in [0.2, 0.25) is 0 Å². The molecule has 2 aromatic carbocycles. The lowest BCUT2D eigenvalue weighted by Crippen LogP contribution is -2.28. The summed E-state index contributed by atoms with van der Waals surface area (Å²) in [5.74, 6) is -0.491. The Morgan fingerprint density at radius 1 is 1.00 bits per heavy atom. The molecule has 2 heterocycles. The van der Waals surface area contributed by atoms with E-state index in [1.54, 1.807) is 36.4 Å². The summed E-state index contributed by atoms with van der Waals surface area (Å²) in [4.78, 5) is 26.3. The summed E-state index contributed by atoms with van der Waals surface area (Å²) in [5, 5.41) is 8.07. The van der Waals surface area contributed by atoms with Gasteiger partial charge in [0.2, 0.25) is 10.0 Å². The van der Waals surface area contributed by atoms with E-state index >= 15 is 0 Å². The molecule has 1 aliphatic rings. The lowest BCUT2D eigenvalue weighted by Gasteiger charge is -2.16. The van der Waals surface area contributed by atoms with Gasteiger partial charge in [0.15, 0.2) is 5.69 Å². The summed E-state index contributed by atoms with van der Waals surface area (Å²) in [5.41, 5.74) is 0.276. The van der Waals surface area contributed by atoms with Crippen molar-refractivity contribution in [3.63, 3.8) is 0 Å². The molecular weight excluding hydrogens is 452 g/mol. The van der Waals surface area contributed by atoms with Gasteiger partial charge in [-0.1, -0.05) is 50.5 Å². The second kappa shape index (κ2) is 10.5. The Labute approximate surface area is 199 Å². The van der Waals surface area contributed by atoms with E-state index in [0.29, 0.717) is 36.1 Å². The minimum absolute atomic E-state index is 0.137. The van der Waals surface area contributed by atoms with E-state index in [1.807, 2.05) is 0 Å². The third kappa shape index (κ3) is 5.05. The standard InChI is InChI=1S/C25H30N4O4S/c1-2-3-4-7-17-29-25(31)22-14-6-5-13-21(22)23(27-29)24(30)26-19-11-10-12-20(18-19)34(32,33)28-15-8-9-16-28/h5-6,10-14,18H,2-4,7-9,15-17H2,1H3,(H,26,30). The SMILES string of the molecule is CCCCCCn1nc(C(=O)Nc2cccc(S(=O)(=O)N3CCCC3)c2)c2ccccc2c1=O. The Balaban J connectivity index is 1.63. The van der Waals surface area contributed by atoms with Crippen molar-refractivity contribution in [2.24, 2.45) is 0 Å². The summed E-state index contributed by atoms with van der Waals surface area (Å²) in [7, 11) is -3.60. The Hall–Kier alpha value is -3.04. The number of rotatable bonds is 9. The lowest BCUT2D eigenvalue weighted by atomic mass is 10.1. The Morgan fingerprint density at radius 2 is 1.74 bits per heavy atom. The van der Waals surface area contributed by atoms with Crippen molar-refractivity contribution >= 4 is 32.4 Å². The highest BCUT2D eigenvalue weighted by Crippen LogP contribution is 2.24. The molecule has 4 rings (SSSR count). The van der Waals surface area contributed by atoms with E-state index in [0.717, 1.165) is 38.5 Å². The largest absolute Gasteiger partial charge is 0.321 e. The molecule has 34 heavy (non-hydrogen) atoms. The number of sulfonamides is 1. The van der Waals surface area contributed by atoms with Crippen LogP contribution in [0.4, 0.5) is 5.69 Å². The Kier molecular flexibility index (Phi) is 7.43. The van der Waals surface area contributed by atoms with E-state index in [4.69, 9.17) is 0 Å². The van der Waals surface area contributed by atoms with Gasteiger partial charge in [-0.3, -0.25) is 9.59 Å². The molecule has 0 bridgehead atoms. The Bertz CT molecular complexity index is 1340. The number of nitrogens with zero attached hydrogens (tertiary/aromatic N) is 3. The van der Waals surface area contributed by atoms with Gasteiger partial charge in [0.05, 0.1) is 10.3 Å². The molecule has 3 aromatic rings. The fourth-order valence-electron chi connectivity index (χ4n) is 4.24. The van der Waals surface area contributed by atoms with Crippen LogP contribution in [0.25, 0.3) is 10.8 Å². The molecule has 9 heteroatoms. The van der Waals surface area contributed by atoms with Crippen LogP contribution in [0.5, 0.6) is 0 Å². The minimum atomic E-state index is -3.60. The molecule has 0 saturated carbocycles. The molecule has 1 amide bonds. The molecule has 0 spiro atoms. The van der Waals surface area contributed by atoms with Gasteiger partial charge in [0.1, 0.15) is 0 Å². The van der Waals surface area contributed by atoms with Crippen molar-refractivity contribution < 1.29 is 13.2 Å². The van der Waals surface area contributed by atoms with Crippen molar-refractivity contribution in [2.45, 2.75) is 56.9 Å². The molecule has 1 N–H and O–H groups in total. The first-order chi connectivity index (χ1) is 16.4. The first kappa shape index (κ1) is 24.1. The number of anilines is 1. The zero-order valence-electron chi connectivity index (χ0n) is 19.4. The van der Waals surface area contributed by atoms with Gasteiger partial charge in [-0.05, 0) is 43.5 Å².